The van der Waals surface area contributed by atoms with Crippen molar-refractivity contribution in [1.29, 1.82) is 0 Å². The first-order valence-corrected chi connectivity index (χ1v) is 11.1. The summed E-state index contributed by atoms with van der Waals surface area (Å²) in [6.07, 6.45) is -8.19. The van der Waals surface area contributed by atoms with Gasteiger partial charge in [-0.05, 0) is 49.1 Å². The molecule has 1 N–H and O–H groups in total. The number of aromatic nitrogens is 2. The number of H-pyrrole nitrogens is 1. The van der Waals surface area contributed by atoms with E-state index in [1.807, 2.05) is 37.3 Å². The number of hydrogen-bond acceptors (Lipinski definition) is 3. The number of halogens is 6. The summed E-state index contributed by atoms with van der Waals surface area (Å²) in [4.78, 5) is 7.74. The fourth-order valence-electron chi connectivity index (χ4n) is 4.39. The van der Waals surface area contributed by atoms with E-state index in [9.17, 15) is 26.3 Å². The van der Waals surface area contributed by atoms with Crippen molar-refractivity contribution < 1.29 is 35.8 Å². The Balaban J connectivity index is 1.54. The summed E-state index contributed by atoms with van der Waals surface area (Å²) in [6.45, 7) is 2.13. The van der Waals surface area contributed by atoms with E-state index in [-0.39, 0.29) is 36.5 Å². The Hall–Kier alpha value is -2.85. The molecule has 0 amide bonds. The van der Waals surface area contributed by atoms with Crippen molar-refractivity contribution in [2.24, 2.45) is 0 Å². The molecule has 3 aromatic rings. The first-order valence-electron chi connectivity index (χ1n) is 11.1. The molecule has 10 heteroatoms. The summed E-state index contributed by atoms with van der Waals surface area (Å²) in [5, 5.41) is 0. The maximum atomic E-state index is 13.2. The number of nitrogens with one attached hydrogen (secondary N) is 1. The van der Waals surface area contributed by atoms with Gasteiger partial charge in [0.15, 0.2) is 6.29 Å². The van der Waals surface area contributed by atoms with Crippen molar-refractivity contribution in [1.82, 2.24) is 9.97 Å². The summed E-state index contributed by atoms with van der Waals surface area (Å²) in [5.74, 6) is 0.457. The maximum Gasteiger partial charge on any atom is 0.416 e. The molecule has 2 aromatic carbocycles. The number of hydrogen-bond donors (Lipinski definition) is 1. The highest BCUT2D eigenvalue weighted by Gasteiger charge is 2.39. The largest absolute Gasteiger partial charge is 0.416 e. The zero-order valence-corrected chi connectivity index (χ0v) is 18.8. The van der Waals surface area contributed by atoms with Crippen LogP contribution in [0.15, 0.2) is 54.7 Å². The molecule has 4 nitrogen and oxygen atoms in total. The minimum absolute atomic E-state index is 0.0600. The third-order valence-electron chi connectivity index (χ3n) is 6.02. The zero-order valence-electron chi connectivity index (χ0n) is 18.8. The van der Waals surface area contributed by atoms with Gasteiger partial charge in [-0.2, -0.15) is 26.3 Å². The molecule has 1 aliphatic rings. The zero-order chi connectivity index (χ0) is 25.2. The molecular weight excluding hydrogens is 474 g/mol. The Morgan fingerprint density at radius 1 is 1.00 bits per heavy atom. The van der Waals surface area contributed by atoms with Crippen molar-refractivity contribution in [3.63, 3.8) is 0 Å². The molecule has 1 aromatic heterocycles. The van der Waals surface area contributed by atoms with Gasteiger partial charge in [0.25, 0.3) is 0 Å². The number of nitrogens with zero attached hydrogens (tertiary/aromatic N) is 1. The van der Waals surface area contributed by atoms with Gasteiger partial charge in [-0.25, -0.2) is 4.98 Å². The van der Waals surface area contributed by atoms with E-state index < -0.39 is 29.8 Å². The van der Waals surface area contributed by atoms with E-state index in [4.69, 9.17) is 9.47 Å². The van der Waals surface area contributed by atoms with Crippen LogP contribution in [-0.4, -0.2) is 29.5 Å². The third-order valence-corrected chi connectivity index (χ3v) is 6.02. The lowest BCUT2D eigenvalue weighted by molar-refractivity contribution is -0.179. The normalized spacial score (nSPS) is 21.3. The Bertz CT molecular complexity index is 1090. The Morgan fingerprint density at radius 2 is 1.66 bits per heavy atom. The van der Waals surface area contributed by atoms with Gasteiger partial charge in [0.1, 0.15) is 5.82 Å². The van der Waals surface area contributed by atoms with Crippen LogP contribution in [0.4, 0.5) is 26.3 Å². The quantitative estimate of drug-likeness (QED) is 0.388. The Morgan fingerprint density at radius 3 is 2.23 bits per heavy atom. The van der Waals surface area contributed by atoms with Gasteiger partial charge in [-0.3, -0.25) is 0 Å². The van der Waals surface area contributed by atoms with Crippen molar-refractivity contribution in [2.45, 2.75) is 50.2 Å². The molecule has 3 atom stereocenters. The molecule has 35 heavy (non-hydrogen) atoms. The summed E-state index contributed by atoms with van der Waals surface area (Å²) in [7, 11) is 0. The standard InChI is InChI=1S/C25H24F6N2O2/c1-15-14-32-22(33-15)20-8-10-35-23(21(20)17-5-3-2-4-6-17)34-9-7-16-11-18(24(26,27)28)13-19(12-16)25(29,30)31/h2-6,11-14,20-21,23H,7-10H2,1H3,(H,32,33)/t20-,21+,23+/m1/s1. The van der Waals surface area contributed by atoms with Crippen LogP contribution in [0.25, 0.3) is 0 Å². The average Bonchev–Trinajstić information content (AvgIpc) is 3.24. The van der Waals surface area contributed by atoms with Gasteiger partial charge in [0.05, 0.1) is 30.0 Å². The van der Waals surface area contributed by atoms with Gasteiger partial charge >= 0.3 is 12.4 Å². The molecule has 0 radical (unpaired) electrons. The van der Waals surface area contributed by atoms with Crippen molar-refractivity contribution in [3.8, 4) is 0 Å². The van der Waals surface area contributed by atoms with Gasteiger partial charge in [-0.1, -0.05) is 30.3 Å². The molecule has 0 bridgehead atoms. The lowest BCUT2D eigenvalue weighted by Gasteiger charge is -2.37. The van der Waals surface area contributed by atoms with E-state index >= 15 is 0 Å². The number of benzene rings is 2. The number of ether oxygens (including phenoxy) is 2. The SMILES string of the molecule is Cc1c[nH]c([C@@H]2CCO[C@H](OCCc3cc(C(F)(F)F)cc(C(F)(F)F)c3)[C@H]2c2ccccc2)n1. The molecular formula is C25H24F6N2O2. The number of rotatable bonds is 6. The van der Waals surface area contributed by atoms with Gasteiger partial charge in [0.2, 0.25) is 0 Å². The third kappa shape index (κ3) is 6.05. The second-order valence-electron chi connectivity index (χ2n) is 8.53. The topological polar surface area (TPSA) is 47.1 Å². The van der Waals surface area contributed by atoms with Crippen LogP contribution >= 0.6 is 0 Å². The van der Waals surface area contributed by atoms with Crippen LogP contribution in [0.2, 0.25) is 0 Å². The van der Waals surface area contributed by atoms with Crippen molar-refractivity contribution in [2.75, 3.05) is 13.2 Å². The predicted octanol–water partition coefficient (Wildman–Crippen LogP) is 6.63. The number of imidazole rings is 1. The van der Waals surface area contributed by atoms with Gasteiger partial charge < -0.3 is 14.5 Å². The van der Waals surface area contributed by atoms with Crippen LogP contribution in [-0.2, 0) is 28.2 Å². The molecule has 0 spiro atoms. The lowest BCUT2D eigenvalue weighted by Crippen LogP contribution is -2.36. The summed E-state index contributed by atoms with van der Waals surface area (Å²) in [5.41, 5.74) is -1.02. The summed E-state index contributed by atoms with van der Waals surface area (Å²) in [6, 6.07) is 11.1. The van der Waals surface area contributed by atoms with E-state index in [2.05, 4.69) is 9.97 Å². The molecule has 0 saturated carbocycles. The molecule has 1 aliphatic heterocycles. The van der Waals surface area contributed by atoms with E-state index in [0.717, 1.165) is 29.2 Å². The Kier molecular flexibility index (Phi) is 7.23. The minimum atomic E-state index is -4.89. The average molecular weight is 498 g/mol. The van der Waals surface area contributed by atoms with Gasteiger partial charge in [-0.15, -0.1) is 0 Å². The second kappa shape index (κ2) is 10.0. The highest BCUT2D eigenvalue weighted by atomic mass is 19.4. The minimum Gasteiger partial charge on any atom is -0.352 e. The van der Waals surface area contributed by atoms with E-state index in [1.165, 1.54) is 0 Å². The second-order valence-corrected chi connectivity index (χ2v) is 8.53. The van der Waals surface area contributed by atoms with Crippen molar-refractivity contribution >= 4 is 0 Å². The van der Waals surface area contributed by atoms with E-state index in [1.54, 1.807) is 6.20 Å². The molecule has 4 rings (SSSR count). The van der Waals surface area contributed by atoms with Gasteiger partial charge in [0, 0.05) is 18.0 Å². The summed E-state index contributed by atoms with van der Waals surface area (Å²) >= 11 is 0. The Labute approximate surface area is 198 Å². The van der Waals surface area contributed by atoms with Crippen LogP contribution in [0.1, 0.15) is 52.0 Å². The number of aryl methyl sites for hydroxylation is 1. The molecule has 0 aliphatic carbocycles. The fourth-order valence-corrected chi connectivity index (χ4v) is 4.39. The number of aromatic amines is 1. The van der Waals surface area contributed by atoms with Crippen LogP contribution < -0.4 is 0 Å². The highest BCUT2D eigenvalue weighted by molar-refractivity contribution is 5.34. The highest BCUT2D eigenvalue weighted by Crippen LogP contribution is 2.42. The number of alkyl halides is 6. The molecule has 188 valence electrons. The van der Waals surface area contributed by atoms with Crippen LogP contribution in [0, 0.1) is 6.92 Å². The smallest absolute Gasteiger partial charge is 0.352 e. The monoisotopic (exact) mass is 498 g/mol. The predicted molar refractivity (Wildman–Crippen MR) is 116 cm³/mol. The molecule has 1 fully saturated rings. The maximum absolute atomic E-state index is 13.2. The lowest BCUT2D eigenvalue weighted by atomic mass is 9.81. The molecule has 0 unspecified atom stereocenters. The van der Waals surface area contributed by atoms with E-state index in [0.29, 0.717) is 13.0 Å². The summed E-state index contributed by atoms with van der Waals surface area (Å²) < 4.78 is 90.8. The van der Waals surface area contributed by atoms with Crippen LogP contribution in [0.3, 0.4) is 0 Å². The molecule has 2 heterocycles. The van der Waals surface area contributed by atoms with Crippen LogP contribution in [0.5, 0.6) is 0 Å². The first kappa shape index (κ1) is 25.2. The first-order chi connectivity index (χ1) is 16.5. The fraction of sp³-hybridized carbons (Fsp3) is 0.400. The molecule has 1 saturated heterocycles. The van der Waals surface area contributed by atoms with Crippen molar-refractivity contribution in [3.05, 3.63) is 88.5 Å².